The molecule has 0 heterocycles. The third-order valence-electron chi connectivity index (χ3n) is 2.85. The van der Waals surface area contributed by atoms with Crippen molar-refractivity contribution in [1.82, 2.24) is 10.9 Å². The number of halogens is 3. The molecule has 0 spiro atoms. The van der Waals surface area contributed by atoms with Gasteiger partial charge in [0.1, 0.15) is 11.3 Å². The molecule has 19 heavy (non-hydrogen) atoms. The van der Waals surface area contributed by atoms with Crippen molar-refractivity contribution in [2.45, 2.75) is 37.2 Å². The molecule has 0 aliphatic heterocycles. The van der Waals surface area contributed by atoms with E-state index in [0.717, 1.165) is 6.26 Å². The fraction of sp³-hybridized carbons (Fsp3) is 0.818. The van der Waals surface area contributed by atoms with E-state index in [1.54, 1.807) is 0 Å². The number of hydrazine groups is 1. The highest BCUT2D eigenvalue weighted by atomic mass is 32.2. The molecule has 0 aromatic rings. The van der Waals surface area contributed by atoms with Crippen LogP contribution in [0.3, 0.4) is 0 Å². The molecule has 1 rings (SSSR count). The summed E-state index contributed by atoms with van der Waals surface area (Å²) in [7, 11) is -3.28. The highest BCUT2D eigenvalue weighted by Crippen LogP contribution is 2.29. The van der Waals surface area contributed by atoms with E-state index < -0.39 is 27.3 Å². The summed E-state index contributed by atoms with van der Waals surface area (Å²) in [6.45, 7) is 1.89. The SMILES string of the molecule is CC(C)(C#CC1CC1NNCC(F)(F)F)S(C)(=O)=O. The Kier molecular flexibility index (Phi) is 4.55. The Labute approximate surface area is 111 Å². The molecule has 2 unspecified atom stereocenters. The van der Waals surface area contributed by atoms with Gasteiger partial charge >= 0.3 is 6.18 Å². The molecule has 0 saturated heterocycles. The van der Waals surface area contributed by atoms with Crippen LogP contribution in [-0.2, 0) is 9.84 Å². The second-order valence-corrected chi connectivity index (χ2v) is 7.68. The number of nitrogens with one attached hydrogen (secondary N) is 2. The highest BCUT2D eigenvalue weighted by Gasteiger charge is 2.37. The first-order chi connectivity index (χ1) is 8.42. The Morgan fingerprint density at radius 2 is 1.89 bits per heavy atom. The topological polar surface area (TPSA) is 58.2 Å². The molecule has 1 aliphatic rings. The van der Waals surface area contributed by atoms with E-state index in [0.29, 0.717) is 6.42 Å². The van der Waals surface area contributed by atoms with Crippen LogP contribution >= 0.6 is 0 Å². The Bertz CT molecular complexity index is 488. The van der Waals surface area contributed by atoms with Gasteiger partial charge < -0.3 is 0 Å². The van der Waals surface area contributed by atoms with Gasteiger partial charge in [-0.3, -0.25) is 5.43 Å². The number of sulfone groups is 1. The fourth-order valence-corrected chi connectivity index (χ4v) is 1.40. The normalized spacial score (nSPS) is 23.7. The average Bonchev–Trinajstić information content (AvgIpc) is 2.90. The predicted octanol–water partition coefficient (Wildman–Crippen LogP) is 0.858. The van der Waals surface area contributed by atoms with E-state index in [1.807, 2.05) is 0 Å². The lowest BCUT2D eigenvalue weighted by atomic mass is 10.2. The van der Waals surface area contributed by atoms with Crippen molar-refractivity contribution < 1.29 is 21.6 Å². The molecule has 8 heteroatoms. The molecule has 0 radical (unpaired) electrons. The zero-order valence-electron chi connectivity index (χ0n) is 10.9. The fourth-order valence-electron chi connectivity index (χ4n) is 1.16. The highest BCUT2D eigenvalue weighted by molar-refractivity contribution is 7.92. The molecule has 2 atom stereocenters. The molecule has 0 bridgehead atoms. The van der Waals surface area contributed by atoms with E-state index in [2.05, 4.69) is 22.7 Å². The minimum atomic E-state index is -4.26. The molecular weight excluding hydrogens is 281 g/mol. The van der Waals surface area contributed by atoms with E-state index in [1.165, 1.54) is 13.8 Å². The smallest absolute Gasteiger partial charge is 0.253 e. The summed E-state index contributed by atoms with van der Waals surface area (Å²) < 4.78 is 57.2. The van der Waals surface area contributed by atoms with Gasteiger partial charge in [0, 0.05) is 18.2 Å². The van der Waals surface area contributed by atoms with Gasteiger partial charge in [0.15, 0.2) is 9.84 Å². The lowest BCUT2D eigenvalue weighted by Crippen LogP contribution is -2.41. The van der Waals surface area contributed by atoms with Crippen molar-refractivity contribution in [3.8, 4) is 11.8 Å². The minimum Gasteiger partial charge on any atom is -0.253 e. The number of alkyl halides is 3. The van der Waals surface area contributed by atoms with E-state index >= 15 is 0 Å². The first kappa shape index (κ1) is 16.3. The standard InChI is InChI=1S/C11H17F3N2O2S/c1-10(2,19(3,17)18)5-4-8-6-9(8)16-15-7-11(12,13)14/h8-9,15-16H,6-7H2,1-3H3. The van der Waals surface area contributed by atoms with Crippen LogP contribution in [-0.4, -0.2) is 38.2 Å². The molecule has 2 N–H and O–H groups in total. The molecule has 0 aromatic carbocycles. The number of hydrogen-bond acceptors (Lipinski definition) is 4. The molecule has 1 aliphatic carbocycles. The predicted molar refractivity (Wildman–Crippen MR) is 65.8 cm³/mol. The van der Waals surface area contributed by atoms with Crippen LogP contribution in [0.2, 0.25) is 0 Å². The molecular formula is C11H17F3N2O2S. The van der Waals surface area contributed by atoms with Gasteiger partial charge in [0.2, 0.25) is 0 Å². The summed E-state index contributed by atoms with van der Waals surface area (Å²) in [6, 6.07) is -0.162. The third-order valence-corrected chi connectivity index (χ3v) is 4.81. The zero-order valence-corrected chi connectivity index (χ0v) is 11.7. The summed E-state index contributed by atoms with van der Waals surface area (Å²) in [5.41, 5.74) is 4.60. The molecule has 0 amide bonds. The largest absolute Gasteiger partial charge is 0.402 e. The van der Waals surface area contributed by atoms with Gasteiger partial charge in [-0.15, -0.1) is 0 Å². The summed E-state index contributed by atoms with van der Waals surface area (Å²) in [5.74, 6) is 5.35. The Hall–Kier alpha value is -0.780. The number of hydrogen-bond donors (Lipinski definition) is 2. The van der Waals surface area contributed by atoms with Crippen LogP contribution in [0.1, 0.15) is 20.3 Å². The third kappa shape index (κ3) is 5.38. The first-order valence-electron chi connectivity index (χ1n) is 5.70. The van der Waals surface area contributed by atoms with E-state index in [-0.39, 0.29) is 12.0 Å². The second-order valence-electron chi connectivity index (χ2n) is 5.11. The van der Waals surface area contributed by atoms with Crippen LogP contribution in [0.5, 0.6) is 0 Å². The van der Waals surface area contributed by atoms with Crippen molar-refractivity contribution in [2.75, 3.05) is 12.8 Å². The summed E-state index contributed by atoms with van der Waals surface area (Å²) >= 11 is 0. The molecule has 4 nitrogen and oxygen atoms in total. The molecule has 0 aromatic heterocycles. The van der Waals surface area contributed by atoms with E-state index in [9.17, 15) is 21.6 Å². The average molecular weight is 298 g/mol. The zero-order chi connectivity index (χ0) is 14.9. The quantitative estimate of drug-likeness (QED) is 0.597. The van der Waals surface area contributed by atoms with Crippen molar-refractivity contribution in [2.24, 2.45) is 5.92 Å². The molecule has 1 fully saturated rings. The Morgan fingerprint density at radius 1 is 1.32 bits per heavy atom. The van der Waals surface area contributed by atoms with Crippen LogP contribution in [0.15, 0.2) is 0 Å². The first-order valence-corrected chi connectivity index (χ1v) is 7.59. The lowest BCUT2D eigenvalue weighted by molar-refractivity contribution is -0.126. The number of rotatable bonds is 4. The monoisotopic (exact) mass is 298 g/mol. The summed E-state index contributed by atoms with van der Waals surface area (Å²) in [5, 5.41) is 0. The summed E-state index contributed by atoms with van der Waals surface area (Å²) in [4.78, 5) is 0. The second kappa shape index (κ2) is 5.31. The van der Waals surface area contributed by atoms with Crippen molar-refractivity contribution >= 4 is 9.84 Å². The van der Waals surface area contributed by atoms with Crippen LogP contribution in [0, 0.1) is 17.8 Å². The van der Waals surface area contributed by atoms with Crippen molar-refractivity contribution in [1.29, 1.82) is 0 Å². The van der Waals surface area contributed by atoms with Gasteiger partial charge in [0.25, 0.3) is 0 Å². The Balaban J connectivity index is 2.40. The van der Waals surface area contributed by atoms with Crippen molar-refractivity contribution in [3.05, 3.63) is 0 Å². The molecule has 110 valence electrons. The maximum absolute atomic E-state index is 11.9. The van der Waals surface area contributed by atoms with Gasteiger partial charge in [-0.25, -0.2) is 13.8 Å². The van der Waals surface area contributed by atoms with Gasteiger partial charge in [-0.2, -0.15) is 13.2 Å². The Morgan fingerprint density at radius 3 is 2.37 bits per heavy atom. The lowest BCUT2D eigenvalue weighted by Gasteiger charge is -2.14. The van der Waals surface area contributed by atoms with Crippen LogP contribution in [0.25, 0.3) is 0 Å². The van der Waals surface area contributed by atoms with Gasteiger partial charge in [-0.05, 0) is 20.3 Å². The minimum absolute atomic E-state index is 0.109. The van der Waals surface area contributed by atoms with E-state index in [4.69, 9.17) is 0 Å². The van der Waals surface area contributed by atoms with Crippen LogP contribution in [0.4, 0.5) is 13.2 Å². The maximum atomic E-state index is 11.9. The summed E-state index contributed by atoms with van der Waals surface area (Å²) in [6.07, 6.45) is -2.55. The molecule has 1 saturated carbocycles. The maximum Gasteiger partial charge on any atom is 0.402 e. The van der Waals surface area contributed by atoms with Gasteiger partial charge in [-0.1, -0.05) is 11.8 Å². The van der Waals surface area contributed by atoms with Gasteiger partial charge in [0.05, 0.1) is 0 Å². The van der Waals surface area contributed by atoms with Crippen LogP contribution < -0.4 is 10.9 Å². The van der Waals surface area contributed by atoms with Crippen molar-refractivity contribution in [3.63, 3.8) is 0 Å².